The van der Waals surface area contributed by atoms with E-state index in [9.17, 15) is 13.9 Å². The zero-order valence-electron chi connectivity index (χ0n) is 11.9. The maximum atomic E-state index is 13.3. The second-order valence-electron chi connectivity index (χ2n) is 6.64. The Morgan fingerprint density at radius 3 is 2.44 bits per heavy atom. The molecule has 4 heteroatoms. The molecule has 2 nitrogen and oxygen atoms in total. The summed E-state index contributed by atoms with van der Waals surface area (Å²) in [6, 6.07) is 0. The Morgan fingerprint density at radius 1 is 1.39 bits per heavy atom. The van der Waals surface area contributed by atoms with E-state index in [1.54, 1.807) is 7.11 Å². The van der Waals surface area contributed by atoms with Crippen LogP contribution in [0.3, 0.4) is 0 Å². The highest BCUT2D eigenvalue weighted by Gasteiger charge is 2.39. The van der Waals surface area contributed by atoms with Gasteiger partial charge in [0.25, 0.3) is 0 Å². The standard InChI is InChI=1S/C14H26F2O2/c1-13(2,3)12(18-4)11(17)8-10-6-5-7-14(15,16)9-10/h10-12,17H,5-9H2,1-4H3. The second-order valence-corrected chi connectivity index (χ2v) is 6.64. The molecule has 0 aromatic carbocycles. The van der Waals surface area contributed by atoms with Gasteiger partial charge in [0.1, 0.15) is 0 Å². The van der Waals surface area contributed by atoms with Gasteiger partial charge in [0.05, 0.1) is 12.2 Å². The molecule has 0 saturated heterocycles. The molecule has 1 saturated carbocycles. The summed E-state index contributed by atoms with van der Waals surface area (Å²) in [6.07, 6.45) is 0.662. The van der Waals surface area contributed by atoms with Crippen LogP contribution in [0.1, 0.15) is 52.9 Å². The fourth-order valence-electron chi connectivity index (χ4n) is 3.03. The van der Waals surface area contributed by atoms with Crippen molar-refractivity contribution in [1.82, 2.24) is 0 Å². The highest BCUT2D eigenvalue weighted by molar-refractivity contribution is 4.86. The van der Waals surface area contributed by atoms with Crippen molar-refractivity contribution in [3.05, 3.63) is 0 Å². The van der Waals surface area contributed by atoms with Crippen LogP contribution in [0.15, 0.2) is 0 Å². The van der Waals surface area contributed by atoms with Crippen molar-refractivity contribution in [3.63, 3.8) is 0 Å². The molecule has 0 bridgehead atoms. The Labute approximate surface area is 109 Å². The molecular weight excluding hydrogens is 238 g/mol. The molecule has 1 N–H and O–H groups in total. The SMILES string of the molecule is COC(C(O)CC1CCCC(F)(F)C1)C(C)(C)C. The number of methoxy groups -OCH3 is 1. The zero-order chi connectivity index (χ0) is 14.0. The third kappa shape index (κ3) is 4.47. The molecule has 0 amide bonds. The normalized spacial score (nSPS) is 27.8. The van der Waals surface area contributed by atoms with Gasteiger partial charge in [-0.05, 0) is 30.6 Å². The van der Waals surface area contributed by atoms with Crippen molar-refractivity contribution in [3.8, 4) is 0 Å². The monoisotopic (exact) mass is 264 g/mol. The number of halogens is 2. The van der Waals surface area contributed by atoms with Gasteiger partial charge >= 0.3 is 0 Å². The molecule has 18 heavy (non-hydrogen) atoms. The Kier molecular flexibility index (Phi) is 5.13. The molecule has 3 unspecified atom stereocenters. The van der Waals surface area contributed by atoms with Gasteiger partial charge < -0.3 is 9.84 Å². The lowest BCUT2D eigenvalue weighted by Gasteiger charge is -2.36. The number of ether oxygens (including phenoxy) is 1. The summed E-state index contributed by atoms with van der Waals surface area (Å²) in [5, 5.41) is 10.2. The minimum Gasteiger partial charge on any atom is -0.390 e. The molecule has 1 aliphatic rings. The topological polar surface area (TPSA) is 29.5 Å². The van der Waals surface area contributed by atoms with E-state index in [4.69, 9.17) is 4.74 Å². The van der Waals surface area contributed by atoms with Crippen LogP contribution in [0, 0.1) is 11.3 Å². The molecule has 0 aromatic heterocycles. The minimum atomic E-state index is -2.55. The van der Waals surface area contributed by atoms with E-state index in [0.29, 0.717) is 12.8 Å². The van der Waals surface area contributed by atoms with Gasteiger partial charge in [-0.2, -0.15) is 0 Å². The van der Waals surface area contributed by atoms with E-state index in [-0.39, 0.29) is 30.3 Å². The lowest BCUT2D eigenvalue weighted by molar-refractivity contribution is -0.0951. The number of hydrogen-bond acceptors (Lipinski definition) is 2. The van der Waals surface area contributed by atoms with Gasteiger partial charge in [0.2, 0.25) is 5.92 Å². The quantitative estimate of drug-likeness (QED) is 0.840. The lowest BCUT2D eigenvalue weighted by Crippen LogP contribution is -2.41. The van der Waals surface area contributed by atoms with E-state index in [0.717, 1.165) is 6.42 Å². The summed E-state index contributed by atoms with van der Waals surface area (Å²) in [7, 11) is 1.56. The highest BCUT2D eigenvalue weighted by atomic mass is 19.3. The molecule has 0 spiro atoms. The van der Waals surface area contributed by atoms with E-state index in [2.05, 4.69) is 0 Å². The summed E-state index contributed by atoms with van der Waals surface area (Å²) in [5.41, 5.74) is -0.189. The summed E-state index contributed by atoms with van der Waals surface area (Å²) < 4.78 is 32.0. The van der Waals surface area contributed by atoms with Crippen molar-refractivity contribution in [2.24, 2.45) is 11.3 Å². The van der Waals surface area contributed by atoms with Crippen molar-refractivity contribution in [1.29, 1.82) is 0 Å². The fourth-order valence-corrected chi connectivity index (χ4v) is 3.03. The van der Waals surface area contributed by atoms with Crippen LogP contribution in [0.4, 0.5) is 8.78 Å². The van der Waals surface area contributed by atoms with Gasteiger partial charge in [-0.1, -0.05) is 20.8 Å². The summed E-state index contributed by atoms with van der Waals surface area (Å²) in [4.78, 5) is 0. The van der Waals surface area contributed by atoms with Gasteiger partial charge in [-0.15, -0.1) is 0 Å². The third-order valence-electron chi connectivity index (χ3n) is 3.77. The van der Waals surface area contributed by atoms with E-state index in [1.807, 2.05) is 20.8 Å². The van der Waals surface area contributed by atoms with E-state index in [1.165, 1.54) is 0 Å². The molecule has 0 heterocycles. The summed E-state index contributed by atoms with van der Waals surface area (Å²) in [5.74, 6) is -2.64. The van der Waals surface area contributed by atoms with Crippen molar-refractivity contribution >= 4 is 0 Å². The van der Waals surface area contributed by atoms with Crippen molar-refractivity contribution in [2.75, 3.05) is 7.11 Å². The molecular formula is C14H26F2O2. The Hall–Kier alpha value is -0.220. The second kappa shape index (κ2) is 5.83. The Morgan fingerprint density at radius 2 is 2.00 bits per heavy atom. The van der Waals surface area contributed by atoms with Gasteiger partial charge in [0, 0.05) is 20.0 Å². The third-order valence-corrected chi connectivity index (χ3v) is 3.77. The number of aliphatic hydroxyl groups is 1. The van der Waals surface area contributed by atoms with Gasteiger partial charge in [-0.25, -0.2) is 8.78 Å². The van der Waals surface area contributed by atoms with Gasteiger partial charge in [-0.3, -0.25) is 0 Å². The first kappa shape index (κ1) is 15.8. The van der Waals surface area contributed by atoms with Gasteiger partial charge in [0.15, 0.2) is 0 Å². The zero-order valence-corrected chi connectivity index (χ0v) is 11.9. The molecule has 0 radical (unpaired) electrons. The predicted octanol–water partition coefficient (Wildman–Crippen LogP) is 3.62. The number of aliphatic hydroxyl groups excluding tert-OH is 1. The first-order valence-corrected chi connectivity index (χ1v) is 6.74. The predicted molar refractivity (Wildman–Crippen MR) is 67.8 cm³/mol. The molecule has 1 fully saturated rings. The van der Waals surface area contributed by atoms with Crippen molar-refractivity contribution < 1.29 is 18.6 Å². The van der Waals surface area contributed by atoms with Crippen LogP contribution < -0.4 is 0 Å². The molecule has 108 valence electrons. The van der Waals surface area contributed by atoms with Crippen molar-refractivity contribution in [2.45, 2.75) is 71.0 Å². The summed E-state index contributed by atoms with van der Waals surface area (Å²) >= 11 is 0. The lowest BCUT2D eigenvalue weighted by atomic mass is 9.78. The maximum absolute atomic E-state index is 13.3. The number of hydrogen-bond donors (Lipinski definition) is 1. The van der Waals surface area contributed by atoms with Crippen LogP contribution >= 0.6 is 0 Å². The summed E-state index contributed by atoms with van der Waals surface area (Å²) in [6.45, 7) is 5.96. The van der Waals surface area contributed by atoms with Crippen LogP contribution in [0.5, 0.6) is 0 Å². The molecule has 3 atom stereocenters. The Balaban J connectivity index is 2.55. The highest BCUT2D eigenvalue weighted by Crippen LogP contribution is 2.39. The average Bonchev–Trinajstić information content (AvgIpc) is 2.13. The largest absolute Gasteiger partial charge is 0.390 e. The molecule has 0 aliphatic heterocycles. The average molecular weight is 264 g/mol. The number of rotatable bonds is 4. The Bertz CT molecular complexity index is 261. The smallest absolute Gasteiger partial charge is 0.248 e. The molecule has 1 aliphatic carbocycles. The fraction of sp³-hybridized carbons (Fsp3) is 1.00. The van der Waals surface area contributed by atoms with Crippen LogP contribution in [-0.4, -0.2) is 30.3 Å². The van der Waals surface area contributed by atoms with E-state index < -0.39 is 12.0 Å². The van der Waals surface area contributed by atoms with Crippen LogP contribution in [-0.2, 0) is 4.74 Å². The first-order valence-electron chi connectivity index (χ1n) is 6.74. The molecule has 1 rings (SSSR count). The number of alkyl halides is 2. The minimum absolute atomic E-state index is 0.00737. The maximum Gasteiger partial charge on any atom is 0.248 e. The molecule has 0 aromatic rings. The van der Waals surface area contributed by atoms with Crippen LogP contribution in [0.25, 0.3) is 0 Å². The first-order chi connectivity index (χ1) is 8.15. The van der Waals surface area contributed by atoms with Crippen LogP contribution in [0.2, 0.25) is 0 Å². The van der Waals surface area contributed by atoms with E-state index >= 15 is 0 Å².